The molecular weight excluding hydrogens is 400 g/mol. The maximum atomic E-state index is 13.2. The Kier molecular flexibility index (Phi) is 6.60. The van der Waals surface area contributed by atoms with E-state index in [9.17, 15) is 15.2 Å². The molecule has 1 aliphatic rings. The van der Waals surface area contributed by atoms with Crippen LogP contribution in [0, 0.1) is 11.3 Å². The van der Waals surface area contributed by atoms with Crippen LogP contribution < -0.4 is 0 Å². The van der Waals surface area contributed by atoms with Crippen molar-refractivity contribution in [2.24, 2.45) is 0 Å². The highest BCUT2D eigenvalue weighted by atomic mass is 16.3. The zero-order valence-corrected chi connectivity index (χ0v) is 17.8. The summed E-state index contributed by atoms with van der Waals surface area (Å²) in [6.07, 6.45) is 3.37. The van der Waals surface area contributed by atoms with Gasteiger partial charge in [-0.25, -0.2) is 0 Å². The Morgan fingerprint density at radius 3 is 2.06 bits per heavy atom. The Morgan fingerprint density at radius 1 is 0.969 bits per heavy atom. The van der Waals surface area contributed by atoms with E-state index >= 15 is 0 Å². The lowest BCUT2D eigenvalue weighted by molar-refractivity contribution is -0.137. The van der Waals surface area contributed by atoms with Crippen molar-refractivity contribution in [3.8, 4) is 6.07 Å². The quantitative estimate of drug-likeness (QED) is 0.655. The van der Waals surface area contributed by atoms with Crippen LogP contribution in [0.2, 0.25) is 0 Å². The van der Waals surface area contributed by atoms with Gasteiger partial charge in [-0.15, -0.1) is 0 Å². The van der Waals surface area contributed by atoms with Gasteiger partial charge in [0.1, 0.15) is 11.6 Å². The van der Waals surface area contributed by atoms with Crippen LogP contribution in [0.3, 0.4) is 0 Å². The smallest absolute Gasteiger partial charge is 0.226 e. The van der Waals surface area contributed by atoms with E-state index in [0.29, 0.717) is 37.3 Å². The number of aliphatic hydroxyl groups is 1. The van der Waals surface area contributed by atoms with Gasteiger partial charge in [-0.05, 0) is 17.2 Å². The number of hydrogen-bond donors (Lipinski definition) is 1. The fraction of sp³-hybridized carbons (Fsp3) is 0.269. The van der Waals surface area contributed by atoms with Gasteiger partial charge in [0, 0.05) is 44.1 Å². The molecule has 6 nitrogen and oxygen atoms in total. The fourth-order valence-corrected chi connectivity index (χ4v) is 4.26. The van der Waals surface area contributed by atoms with Crippen molar-refractivity contribution >= 4 is 5.91 Å². The van der Waals surface area contributed by atoms with Gasteiger partial charge >= 0.3 is 0 Å². The SMILES string of the molecule is N#CC(c1cccnc1)N1CCN(C(=O)CC(O)(c2ccccc2)c2ccccc2)CC1. The van der Waals surface area contributed by atoms with Crippen molar-refractivity contribution in [3.05, 3.63) is 102 Å². The molecule has 2 heterocycles. The minimum atomic E-state index is -1.40. The summed E-state index contributed by atoms with van der Waals surface area (Å²) in [7, 11) is 0. The van der Waals surface area contributed by atoms with Gasteiger partial charge < -0.3 is 10.0 Å². The molecule has 32 heavy (non-hydrogen) atoms. The lowest BCUT2D eigenvalue weighted by Crippen LogP contribution is -2.50. The number of nitrogens with zero attached hydrogens (tertiary/aromatic N) is 4. The summed E-state index contributed by atoms with van der Waals surface area (Å²) < 4.78 is 0. The van der Waals surface area contributed by atoms with Crippen molar-refractivity contribution in [1.82, 2.24) is 14.8 Å². The number of rotatable bonds is 6. The van der Waals surface area contributed by atoms with Gasteiger partial charge in [0.2, 0.25) is 5.91 Å². The molecule has 162 valence electrons. The Balaban J connectivity index is 1.47. The summed E-state index contributed by atoms with van der Waals surface area (Å²) in [5.41, 5.74) is 0.845. The van der Waals surface area contributed by atoms with Crippen LogP contribution >= 0.6 is 0 Å². The second-order valence-electron chi connectivity index (χ2n) is 8.00. The van der Waals surface area contributed by atoms with Crippen LogP contribution in [0.5, 0.6) is 0 Å². The summed E-state index contributed by atoms with van der Waals surface area (Å²) in [5.74, 6) is -0.102. The van der Waals surface area contributed by atoms with Crippen LogP contribution in [0.4, 0.5) is 0 Å². The lowest BCUT2D eigenvalue weighted by atomic mass is 9.83. The fourth-order valence-electron chi connectivity index (χ4n) is 4.26. The maximum Gasteiger partial charge on any atom is 0.226 e. The van der Waals surface area contributed by atoms with E-state index in [2.05, 4.69) is 16.0 Å². The third-order valence-electron chi connectivity index (χ3n) is 6.06. The molecule has 1 N–H and O–H groups in total. The molecule has 3 aromatic rings. The first-order chi connectivity index (χ1) is 15.6. The normalized spacial score (nSPS) is 15.7. The van der Waals surface area contributed by atoms with Crippen LogP contribution in [0.25, 0.3) is 0 Å². The van der Waals surface area contributed by atoms with Crippen LogP contribution in [0.15, 0.2) is 85.2 Å². The molecule has 4 rings (SSSR count). The lowest BCUT2D eigenvalue weighted by Gasteiger charge is -2.38. The van der Waals surface area contributed by atoms with Crippen molar-refractivity contribution < 1.29 is 9.90 Å². The van der Waals surface area contributed by atoms with E-state index in [1.807, 2.05) is 72.8 Å². The number of nitriles is 1. The summed E-state index contributed by atoms with van der Waals surface area (Å²) in [4.78, 5) is 21.2. The first-order valence-electron chi connectivity index (χ1n) is 10.8. The van der Waals surface area contributed by atoms with Crippen molar-refractivity contribution in [2.45, 2.75) is 18.1 Å². The van der Waals surface area contributed by atoms with Gasteiger partial charge in [-0.1, -0.05) is 66.7 Å². The molecule has 1 atom stereocenters. The van der Waals surface area contributed by atoms with E-state index in [0.717, 1.165) is 5.56 Å². The Hall–Kier alpha value is -3.53. The molecule has 1 amide bonds. The second kappa shape index (κ2) is 9.73. The van der Waals surface area contributed by atoms with E-state index in [4.69, 9.17) is 0 Å². The zero-order chi connectivity index (χ0) is 22.4. The largest absolute Gasteiger partial charge is 0.380 e. The summed E-state index contributed by atoms with van der Waals surface area (Å²) >= 11 is 0. The highest BCUT2D eigenvalue weighted by molar-refractivity contribution is 5.78. The number of aromatic nitrogens is 1. The zero-order valence-electron chi connectivity index (χ0n) is 17.8. The van der Waals surface area contributed by atoms with E-state index in [-0.39, 0.29) is 18.4 Å². The maximum absolute atomic E-state index is 13.2. The molecule has 2 aromatic carbocycles. The first-order valence-corrected chi connectivity index (χ1v) is 10.8. The standard InChI is InChI=1S/C26H26N4O2/c27-19-24(21-8-7-13-28-20-21)29-14-16-30(17-15-29)25(31)18-26(32,22-9-3-1-4-10-22)23-11-5-2-6-12-23/h1-13,20,24,32H,14-18H2. The number of amides is 1. The molecule has 1 fully saturated rings. The average molecular weight is 427 g/mol. The van der Waals surface area contributed by atoms with Gasteiger partial charge in [0.15, 0.2) is 0 Å². The second-order valence-corrected chi connectivity index (χ2v) is 8.00. The van der Waals surface area contributed by atoms with Crippen LogP contribution in [-0.4, -0.2) is 52.0 Å². The minimum absolute atomic E-state index is 0.0364. The molecule has 1 aromatic heterocycles. The number of piperazine rings is 1. The molecule has 0 radical (unpaired) electrons. The Labute approximate surface area is 188 Å². The topological polar surface area (TPSA) is 80.5 Å². The molecule has 0 saturated carbocycles. The third-order valence-corrected chi connectivity index (χ3v) is 6.06. The number of pyridine rings is 1. The summed E-state index contributed by atoms with van der Waals surface area (Å²) in [6, 6.07) is 24.4. The van der Waals surface area contributed by atoms with Crippen molar-refractivity contribution in [1.29, 1.82) is 5.26 Å². The number of carbonyl (C=O) groups excluding carboxylic acids is 1. The highest BCUT2D eigenvalue weighted by Crippen LogP contribution is 2.34. The van der Waals surface area contributed by atoms with E-state index < -0.39 is 5.60 Å². The van der Waals surface area contributed by atoms with Gasteiger partial charge in [-0.2, -0.15) is 5.26 Å². The van der Waals surface area contributed by atoms with Crippen LogP contribution in [-0.2, 0) is 10.4 Å². The predicted molar refractivity (Wildman–Crippen MR) is 121 cm³/mol. The predicted octanol–water partition coefficient (Wildman–Crippen LogP) is 3.12. The van der Waals surface area contributed by atoms with E-state index in [1.54, 1.807) is 17.3 Å². The summed E-state index contributed by atoms with van der Waals surface area (Å²) in [5, 5.41) is 21.4. The number of benzene rings is 2. The van der Waals surface area contributed by atoms with E-state index in [1.165, 1.54) is 0 Å². The first kappa shape index (κ1) is 21.7. The molecule has 0 aliphatic carbocycles. The van der Waals surface area contributed by atoms with Gasteiger partial charge in [0.05, 0.1) is 12.5 Å². The Bertz CT molecular complexity index is 1020. The van der Waals surface area contributed by atoms with Crippen molar-refractivity contribution in [3.63, 3.8) is 0 Å². The van der Waals surface area contributed by atoms with Gasteiger partial charge in [0.25, 0.3) is 0 Å². The molecular formula is C26H26N4O2. The van der Waals surface area contributed by atoms with Gasteiger partial charge in [-0.3, -0.25) is 14.7 Å². The third kappa shape index (κ3) is 4.54. The monoisotopic (exact) mass is 426 g/mol. The molecule has 1 aliphatic heterocycles. The molecule has 0 spiro atoms. The molecule has 1 saturated heterocycles. The summed E-state index contributed by atoms with van der Waals surface area (Å²) in [6.45, 7) is 2.20. The molecule has 0 bridgehead atoms. The minimum Gasteiger partial charge on any atom is -0.380 e. The molecule has 6 heteroatoms. The Morgan fingerprint density at radius 2 is 1.56 bits per heavy atom. The average Bonchev–Trinajstić information content (AvgIpc) is 2.86. The van der Waals surface area contributed by atoms with Crippen LogP contribution in [0.1, 0.15) is 29.2 Å². The van der Waals surface area contributed by atoms with Crippen molar-refractivity contribution in [2.75, 3.05) is 26.2 Å². The molecule has 1 unspecified atom stereocenters. The number of hydrogen-bond acceptors (Lipinski definition) is 5. The highest BCUT2D eigenvalue weighted by Gasteiger charge is 2.36. The number of carbonyl (C=O) groups is 1.